The number of aryl methyl sites for hydroxylation is 1. The van der Waals surface area contributed by atoms with Gasteiger partial charge < -0.3 is 10.4 Å². The lowest BCUT2D eigenvalue weighted by Gasteiger charge is -2.06. The number of anilines is 1. The Morgan fingerprint density at radius 3 is 2.75 bits per heavy atom. The van der Waals surface area contributed by atoms with Crippen molar-refractivity contribution in [2.75, 3.05) is 23.9 Å². The summed E-state index contributed by atoms with van der Waals surface area (Å²) in [5.41, 5.74) is 0.666. The number of nitrogens with one attached hydrogen (secondary N) is 1. The van der Waals surface area contributed by atoms with Crippen molar-refractivity contribution < 1.29 is 14.1 Å². The van der Waals surface area contributed by atoms with Crippen LogP contribution in [0.3, 0.4) is 0 Å². The van der Waals surface area contributed by atoms with Crippen molar-refractivity contribution in [2.45, 2.75) is 6.92 Å². The predicted octanol–water partition coefficient (Wildman–Crippen LogP) is 0.879. The Kier molecular flexibility index (Phi) is 4.42. The molecule has 0 saturated heterocycles. The number of carboxylic acids is 1. The van der Waals surface area contributed by atoms with Gasteiger partial charge in [-0.25, -0.2) is 9.78 Å². The minimum absolute atomic E-state index is 0.199. The molecular formula is C10H14N2O3S. The Morgan fingerprint density at radius 1 is 1.56 bits per heavy atom. The highest BCUT2D eigenvalue weighted by atomic mass is 32.2. The van der Waals surface area contributed by atoms with Gasteiger partial charge >= 0.3 is 5.97 Å². The normalized spacial score (nSPS) is 12.1. The molecule has 0 aliphatic carbocycles. The van der Waals surface area contributed by atoms with Gasteiger partial charge in [0.1, 0.15) is 5.82 Å². The van der Waals surface area contributed by atoms with Crippen LogP contribution in [0.2, 0.25) is 0 Å². The lowest BCUT2D eigenvalue weighted by atomic mass is 10.2. The van der Waals surface area contributed by atoms with Crippen LogP contribution in [0.25, 0.3) is 0 Å². The van der Waals surface area contributed by atoms with Gasteiger partial charge in [-0.15, -0.1) is 0 Å². The molecule has 0 aliphatic heterocycles. The summed E-state index contributed by atoms with van der Waals surface area (Å²) in [4.78, 5) is 14.8. The fourth-order valence-corrected chi connectivity index (χ4v) is 1.60. The Labute approximate surface area is 96.4 Å². The lowest BCUT2D eigenvalue weighted by Crippen LogP contribution is -2.12. The lowest BCUT2D eigenvalue weighted by molar-refractivity contribution is 0.0695. The summed E-state index contributed by atoms with van der Waals surface area (Å²) >= 11 is 0. The fraction of sp³-hybridized carbons (Fsp3) is 0.400. The van der Waals surface area contributed by atoms with E-state index in [1.165, 1.54) is 6.07 Å². The van der Waals surface area contributed by atoms with Crippen LogP contribution in [-0.2, 0) is 10.8 Å². The van der Waals surface area contributed by atoms with Crippen molar-refractivity contribution in [3.8, 4) is 0 Å². The molecule has 16 heavy (non-hydrogen) atoms. The number of rotatable bonds is 5. The van der Waals surface area contributed by atoms with E-state index < -0.39 is 16.8 Å². The van der Waals surface area contributed by atoms with Gasteiger partial charge in [-0.05, 0) is 19.1 Å². The summed E-state index contributed by atoms with van der Waals surface area (Å²) in [7, 11) is -0.841. The number of pyridine rings is 1. The van der Waals surface area contributed by atoms with Gasteiger partial charge in [0, 0.05) is 29.4 Å². The topological polar surface area (TPSA) is 79.3 Å². The van der Waals surface area contributed by atoms with Crippen LogP contribution >= 0.6 is 0 Å². The molecule has 88 valence electrons. The maximum absolute atomic E-state index is 10.8. The summed E-state index contributed by atoms with van der Waals surface area (Å²) in [6, 6.07) is 3.12. The van der Waals surface area contributed by atoms with Gasteiger partial charge in [0.25, 0.3) is 0 Å². The first kappa shape index (κ1) is 12.6. The third-order valence-corrected chi connectivity index (χ3v) is 2.79. The average Bonchev–Trinajstić information content (AvgIpc) is 2.16. The first-order valence-electron chi connectivity index (χ1n) is 4.75. The number of hydrogen-bond donors (Lipinski definition) is 2. The zero-order valence-electron chi connectivity index (χ0n) is 9.19. The van der Waals surface area contributed by atoms with E-state index in [1.807, 2.05) is 0 Å². The van der Waals surface area contributed by atoms with Crippen molar-refractivity contribution in [1.29, 1.82) is 0 Å². The van der Waals surface area contributed by atoms with E-state index in [0.29, 0.717) is 23.8 Å². The van der Waals surface area contributed by atoms with E-state index in [-0.39, 0.29) is 5.56 Å². The number of aromatic carboxylic acids is 1. The van der Waals surface area contributed by atoms with Crippen LogP contribution in [0.4, 0.5) is 5.82 Å². The molecule has 5 nitrogen and oxygen atoms in total. The van der Waals surface area contributed by atoms with Crippen LogP contribution in [0.5, 0.6) is 0 Å². The third kappa shape index (κ3) is 3.62. The molecule has 2 N–H and O–H groups in total. The van der Waals surface area contributed by atoms with Gasteiger partial charge in [-0.1, -0.05) is 0 Å². The monoisotopic (exact) mass is 242 g/mol. The molecule has 1 atom stereocenters. The maximum Gasteiger partial charge on any atom is 0.337 e. The highest BCUT2D eigenvalue weighted by Crippen LogP contribution is 2.10. The second-order valence-corrected chi connectivity index (χ2v) is 4.89. The molecule has 6 heteroatoms. The summed E-state index contributed by atoms with van der Waals surface area (Å²) in [6.45, 7) is 2.20. The zero-order valence-corrected chi connectivity index (χ0v) is 10.0. The standard InChI is InChI=1S/C10H14N2O3S/c1-7-8(10(13)14)3-4-9(12-7)11-5-6-16(2)15/h3-4H,5-6H2,1-2H3,(H,11,12)(H,13,14). The van der Waals surface area contributed by atoms with E-state index in [2.05, 4.69) is 10.3 Å². The van der Waals surface area contributed by atoms with Gasteiger partial charge in [0.05, 0.1) is 11.3 Å². The summed E-state index contributed by atoms with van der Waals surface area (Å²) < 4.78 is 10.8. The van der Waals surface area contributed by atoms with Crippen molar-refractivity contribution >= 4 is 22.6 Å². The van der Waals surface area contributed by atoms with Crippen molar-refractivity contribution in [2.24, 2.45) is 0 Å². The summed E-state index contributed by atoms with van der Waals surface area (Å²) in [6.07, 6.45) is 1.63. The largest absolute Gasteiger partial charge is 0.478 e. The zero-order chi connectivity index (χ0) is 12.1. The first-order chi connectivity index (χ1) is 7.50. The molecule has 0 saturated carbocycles. The highest BCUT2D eigenvalue weighted by molar-refractivity contribution is 7.84. The Hall–Kier alpha value is -1.43. The van der Waals surface area contributed by atoms with Crippen molar-refractivity contribution in [1.82, 2.24) is 4.98 Å². The van der Waals surface area contributed by atoms with Crippen LogP contribution in [0.15, 0.2) is 12.1 Å². The molecule has 1 heterocycles. The van der Waals surface area contributed by atoms with Crippen LogP contribution < -0.4 is 5.32 Å². The second-order valence-electron chi connectivity index (χ2n) is 3.34. The van der Waals surface area contributed by atoms with E-state index in [4.69, 9.17) is 5.11 Å². The molecule has 0 aromatic carbocycles. The molecule has 0 aliphatic rings. The third-order valence-electron chi connectivity index (χ3n) is 2.01. The maximum atomic E-state index is 10.8. The van der Waals surface area contributed by atoms with Gasteiger partial charge in [0.2, 0.25) is 0 Å². The van der Waals surface area contributed by atoms with E-state index in [0.717, 1.165) is 0 Å². The Balaban J connectivity index is 2.66. The summed E-state index contributed by atoms with van der Waals surface area (Å²) in [5.74, 6) is 0.167. The average molecular weight is 242 g/mol. The molecule has 0 bridgehead atoms. The van der Waals surface area contributed by atoms with Gasteiger partial charge in [-0.2, -0.15) is 0 Å². The number of hydrogen-bond acceptors (Lipinski definition) is 4. The first-order valence-corrected chi connectivity index (χ1v) is 6.48. The molecule has 0 spiro atoms. The minimum atomic E-state index is -0.980. The highest BCUT2D eigenvalue weighted by Gasteiger charge is 2.08. The smallest absolute Gasteiger partial charge is 0.337 e. The molecule has 1 unspecified atom stereocenters. The molecule has 1 aromatic rings. The SMILES string of the molecule is Cc1nc(NCCS(C)=O)ccc1C(=O)O. The van der Waals surface area contributed by atoms with Crippen molar-refractivity contribution in [3.05, 3.63) is 23.4 Å². The number of aromatic nitrogens is 1. The summed E-state index contributed by atoms with van der Waals surface area (Å²) in [5, 5.41) is 11.8. The molecular weight excluding hydrogens is 228 g/mol. The predicted molar refractivity (Wildman–Crippen MR) is 63.4 cm³/mol. The van der Waals surface area contributed by atoms with E-state index >= 15 is 0 Å². The molecule has 0 amide bonds. The van der Waals surface area contributed by atoms with E-state index in [1.54, 1.807) is 19.2 Å². The van der Waals surface area contributed by atoms with Gasteiger partial charge in [0.15, 0.2) is 0 Å². The Morgan fingerprint density at radius 2 is 2.25 bits per heavy atom. The van der Waals surface area contributed by atoms with Gasteiger partial charge in [-0.3, -0.25) is 4.21 Å². The van der Waals surface area contributed by atoms with E-state index in [9.17, 15) is 9.00 Å². The molecule has 0 radical (unpaired) electrons. The number of nitrogens with zero attached hydrogens (tertiary/aromatic N) is 1. The molecule has 1 rings (SSSR count). The number of carboxylic acid groups (broad SMARTS) is 1. The fourth-order valence-electron chi connectivity index (χ4n) is 1.21. The van der Waals surface area contributed by atoms with Crippen LogP contribution in [0.1, 0.15) is 16.1 Å². The Bertz CT molecular complexity index is 421. The molecule has 0 fully saturated rings. The minimum Gasteiger partial charge on any atom is -0.478 e. The second kappa shape index (κ2) is 5.60. The van der Waals surface area contributed by atoms with Crippen LogP contribution in [-0.4, -0.2) is 38.8 Å². The van der Waals surface area contributed by atoms with Crippen molar-refractivity contribution in [3.63, 3.8) is 0 Å². The molecule has 1 aromatic heterocycles. The quantitative estimate of drug-likeness (QED) is 0.801. The van der Waals surface area contributed by atoms with Crippen LogP contribution in [0, 0.1) is 6.92 Å². The number of carbonyl (C=O) groups is 1.